The summed E-state index contributed by atoms with van der Waals surface area (Å²) in [4.78, 5) is 49.3. The normalized spacial score (nSPS) is 18.6. The van der Waals surface area contributed by atoms with E-state index in [-0.39, 0.29) is 18.7 Å². The van der Waals surface area contributed by atoms with Crippen LogP contribution in [0.2, 0.25) is 0 Å². The van der Waals surface area contributed by atoms with Crippen LogP contribution in [-0.4, -0.2) is 46.9 Å². The summed E-state index contributed by atoms with van der Waals surface area (Å²) >= 11 is 0. The molecule has 0 radical (unpaired) electrons. The molecular formula is C26H25N3O5. The number of amides is 3. The van der Waals surface area contributed by atoms with Crippen molar-refractivity contribution in [3.8, 4) is 0 Å². The van der Waals surface area contributed by atoms with Crippen LogP contribution in [0.1, 0.15) is 17.5 Å². The molecule has 3 aromatic rings. The molecule has 0 saturated carbocycles. The fourth-order valence-corrected chi connectivity index (χ4v) is 4.05. The molecule has 0 aliphatic carbocycles. The number of aliphatic carboxylic acids is 1. The molecule has 0 aromatic heterocycles. The van der Waals surface area contributed by atoms with Crippen molar-refractivity contribution in [2.75, 3.05) is 0 Å². The van der Waals surface area contributed by atoms with Crippen LogP contribution in [-0.2, 0) is 32.0 Å². The zero-order chi connectivity index (χ0) is 24.1. The molecule has 0 spiro atoms. The van der Waals surface area contributed by atoms with E-state index in [9.17, 15) is 24.3 Å². The molecule has 1 fully saturated rings. The van der Waals surface area contributed by atoms with Gasteiger partial charge in [-0.05, 0) is 21.9 Å². The van der Waals surface area contributed by atoms with E-state index in [1.807, 2.05) is 72.8 Å². The fourth-order valence-electron chi connectivity index (χ4n) is 4.05. The summed E-state index contributed by atoms with van der Waals surface area (Å²) in [6.45, 7) is 0. The summed E-state index contributed by atoms with van der Waals surface area (Å²) in [5.41, 5.74) is 1.66. The minimum atomic E-state index is -1.18. The number of carboxylic acid groups (broad SMARTS) is 1. The quantitative estimate of drug-likeness (QED) is 0.407. The van der Waals surface area contributed by atoms with E-state index in [1.165, 1.54) is 0 Å². The van der Waals surface area contributed by atoms with Gasteiger partial charge in [-0.2, -0.15) is 0 Å². The molecule has 0 bridgehead atoms. The Bertz CT molecular complexity index is 1230. The molecule has 3 atom stereocenters. The number of carboxylic acids is 1. The molecule has 1 aliphatic rings. The van der Waals surface area contributed by atoms with Crippen LogP contribution in [0.3, 0.4) is 0 Å². The number of benzene rings is 3. The third-order valence-electron chi connectivity index (χ3n) is 5.83. The van der Waals surface area contributed by atoms with Crippen molar-refractivity contribution in [1.29, 1.82) is 0 Å². The SMILES string of the molecule is O=C(C[C@@H]1NC(=O)[C@H](Cc2ccccc2)NC1=O)N[C@@H](Cc1ccc2ccccc2c1)C(=O)O. The van der Waals surface area contributed by atoms with Crippen molar-refractivity contribution in [3.05, 3.63) is 83.9 Å². The second kappa shape index (κ2) is 10.2. The van der Waals surface area contributed by atoms with Crippen LogP contribution in [0, 0.1) is 0 Å². The van der Waals surface area contributed by atoms with Gasteiger partial charge in [0, 0.05) is 12.8 Å². The van der Waals surface area contributed by atoms with E-state index in [0.29, 0.717) is 6.42 Å². The van der Waals surface area contributed by atoms with Gasteiger partial charge in [0.15, 0.2) is 0 Å². The highest BCUT2D eigenvalue weighted by molar-refractivity contribution is 5.99. The number of hydrogen-bond donors (Lipinski definition) is 4. The minimum absolute atomic E-state index is 0.0915. The smallest absolute Gasteiger partial charge is 0.326 e. The summed E-state index contributed by atoms with van der Waals surface area (Å²) in [7, 11) is 0. The van der Waals surface area contributed by atoms with Crippen molar-refractivity contribution in [1.82, 2.24) is 16.0 Å². The molecule has 8 heteroatoms. The Morgan fingerprint density at radius 3 is 2.21 bits per heavy atom. The van der Waals surface area contributed by atoms with E-state index in [0.717, 1.165) is 21.9 Å². The number of piperazine rings is 1. The molecule has 3 amide bonds. The molecule has 4 N–H and O–H groups in total. The molecule has 8 nitrogen and oxygen atoms in total. The summed E-state index contributed by atoms with van der Waals surface area (Å²) < 4.78 is 0. The number of carbonyl (C=O) groups excluding carboxylic acids is 3. The zero-order valence-corrected chi connectivity index (χ0v) is 18.4. The van der Waals surface area contributed by atoms with Gasteiger partial charge in [0.25, 0.3) is 0 Å². The van der Waals surface area contributed by atoms with Crippen LogP contribution in [0.25, 0.3) is 10.8 Å². The van der Waals surface area contributed by atoms with Crippen molar-refractivity contribution in [2.24, 2.45) is 0 Å². The van der Waals surface area contributed by atoms with Crippen molar-refractivity contribution in [3.63, 3.8) is 0 Å². The number of hydrogen-bond acceptors (Lipinski definition) is 4. The Morgan fingerprint density at radius 1 is 0.824 bits per heavy atom. The summed E-state index contributed by atoms with van der Waals surface area (Å²) in [6, 6.07) is 19.7. The van der Waals surface area contributed by atoms with Gasteiger partial charge in [-0.25, -0.2) is 4.79 Å². The van der Waals surface area contributed by atoms with Gasteiger partial charge in [-0.15, -0.1) is 0 Å². The van der Waals surface area contributed by atoms with Gasteiger partial charge >= 0.3 is 5.97 Å². The van der Waals surface area contributed by atoms with Crippen LogP contribution >= 0.6 is 0 Å². The molecule has 1 saturated heterocycles. The van der Waals surface area contributed by atoms with Crippen LogP contribution < -0.4 is 16.0 Å². The summed E-state index contributed by atoms with van der Waals surface area (Å²) in [5, 5.41) is 19.3. The predicted molar refractivity (Wildman–Crippen MR) is 126 cm³/mol. The lowest BCUT2D eigenvalue weighted by molar-refractivity contribution is -0.142. The van der Waals surface area contributed by atoms with Crippen LogP contribution in [0.15, 0.2) is 72.8 Å². The molecule has 174 valence electrons. The van der Waals surface area contributed by atoms with E-state index in [4.69, 9.17) is 0 Å². The first-order valence-electron chi connectivity index (χ1n) is 11.0. The Morgan fingerprint density at radius 2 is 1.47 bits per heavy atom. The van der Waals surface area contributed by atoms with Gasteiger partial charge in [0.05, 0.1) is 6.42 Å². The minimum Gasteiger partial charge on any atom is -0.480 e. The number of nitrogens with one attached hydrogen (secondary N) is 3. The molecular weight excluding hydrogens is 434 g/mol. The molecule has 3 aromatic carbocycles. The van der Waals surface area contributed by atoms with E-state index in [1.54, 1.807) is 0 Å². The Balaban J connectivity index is 1.35. The number of rotatable bonds is 8. The molecule has 1 heterocycles. The van der Waals surface area contributed by atoms with Crippen LogP contribution in [0.4, 0.5) is 0 Å². The molecule has 4 rings (SSSR count). The maximum absolute atomic E-state index is 12.5. The monoisotopic (exact) mass is 459 g/mol. The van der Waals surface area contributed by atoms with Gasteiger partial charge in [0.1, 0.15) is 18.1 Å². The van der Waals surface area contributed by atoms with Gasteiger partial charge in [-0.1, -0.05) is 72.8 Å². The second-order valence-electron chi connectivity index (χ2n) is 8.36. The van der Waals surface area contributed by atoms with Crippen molar-refractivity contribution < 1.29 is 24.3 Å². The Hall–Kier alpha value is -4.20. The standard InChI is InChI=1S/C26H25N3O5/c30-23(15-21-25(32)28-20(24(31)29-21)13-16-6-2-1-3-7-16)27-22(26(33)34)14-17-10-11-18-8-4-5-9-19(18)12-17/h1-12,20-22H,13-15H2,(H,27,30)(H,28,32)(H,29,31)(H,33,34)/t20-,21-,22-/m0/s1. The van der Waals surface area contributed by atoms with Crippen molar-refractivity contribution >= 4 is 34.5 Å². The lowest BCUT2D eigenvalue weighted by atomic mass is 10.00. The maximum Gasteiger partial charge on any atom is 0.326 e. The first kappa shape index (κ1) is 23.0. The van der Waals surface area contributed by atoms with Crippen molar-refractivity contribution in [2.45, 2.75) is 37.4 Å². The lowest BCUT2D eigenvalue weighted by Crippen LogP contribution is -2.63. The highest BCUT2D eigenvalue weighted by Crippen LogP contribution is 2.17. The lowest BCUT2D eigenvalue weighted by Gasteiger charge is -2.29. The summed E-state index contributed by atoms with van der Waals surface area (Å²) in [5.74, 6) is -2.67. The highest BCUT2D eigenvalue weighted by atomic mass is 16.4. The molecule has 0 unspecified atom stereocenters. The van der Waals surface area contributed by atoms with E-state index < -0.39 is 35.9 Å². The van der Waals surface area contributed by atoms with E-state index >= 15 is 0 Å². The van der Waals surface area contributed by atoms with Gasteiger partial charge < -0.3 is 21.1 Å². The average molecular weight is 460 g/mol. The first-order chi connectivity index (χ1) is 16.4. The number of fused-ring (bicyclic) bond motifs is 1. The Labute approximate surface area is 196 Å². The molecule has 1 aliphatic heterocycles. The highest BCUT2D eigenvalue weighted by Gasteiger charge is 2.35. The van der Waals surface area contributed by atoms with Gasteiger partial charge in [0.2, 0.25) is 17.7 Å². The van der Waals surface area contributed by atoms with Gasteiger partial charge in [-0.3, -0.25) is 14.4 Å². The largest absolute Gasteiger partial charge is 0.480 e. The predicted octanol–water partition coefficient (Wildman–Crippen LogP) is 1.57. The van der Waals surface area contributed by atoms with E-state index in [2.05, 4.69) is 16.0 Å². The second-order valence-corrected chi connectivity index (χ2v) is 8.36. The third kappa shape index (κ3) is 5.58. The topological polar surface area (TPSA) is 125 Å². The summed E-state index contributed by atoms with van der Waals surface area (Å²) in [6.07, 6.45) is 0.0790. The first-order valence-corrected chi connectivity index (χ1v) is 11.0. The average Bonchev–Trinajstić information content (AvgIpc) is 2.82. The third-order valence-corrected chi connectivity index (χ3v) is 5.83. The van der Waals surface area contributed by atoms with Crippen LogP contribution in [0.5, 0.6) is 0 Å². The molecule has 34 heavy (non-hydrogen) atoms. The fraction of sp³-hybridized carbons (Fsp3) is 0.231. The number of carbonyl (C=O) groups is 4. The maximum atomic E-state index is 12.5. The zero-order valence-electron chi connectivity index (χ0n) is 18.4. The Kier molecular flexibility index (Phi) is 6.87.